The third-order valence-corrected chi connectivity index (χ3v) is 3.45. The summed E-state index contributed by atoms with van der Waals surface area (Å²) >= 11 is 0.477. The van der Waals surface area contributed by atoms with Gasteiger partial charge in [0.05, 0.1) is 16.8 Å². The van der Waals surface area contributed by atoms with Crippen LogP contribution in [-0.4, -0.2) is 8.42 Å². The lowest BCUT2D eigenvalue weighted by molar-refractivity contribution is 0.594. The average molecular weight is 214 g/mol. The lowest BCUT2D eigenvalue weighted by Gasteiger charge is -2.00. The molecule has 1 N–H and O–H groups in total. The van der Waals surface area contributed by atoms with Gasteiger partial charge < -0.3 is 0 Å². The van der Waals surface area contributed by atoms with Gasteiger partial charge in [0.15, 0.2) is 5.40 Å². The first-order valence-corrected chi connectivity index (χ1v) is 5.58. The van der Waals surface area contributed by atoms with E-state index in [4.69, 9.17) is 5.26 Å². The Morgan fingerprint density at radius 3 is 2.46 bits per heavy atom. The van der Waals surface area contributed by atoms with Gasteiger partial charge in [-0.3, -0.25) is 0 Å². The van der Waals surface area contributed by atoms with Crippen LogP contribution in [0.4, 0.5) is 0 Å². The van der Waals surface area contributed by atoms with Crippen LogP contribution in [0.5, 0.6) is 0 Å². The molecule has 0 unspecified atom stereocenters. The van der Waals surface area contributed by atoms with E-state index in [1.54, 1.807) is 23.6 Å². The van der Waals surface area contributed by atoms with E-state index in [0.29, 0.717) is 11.9 Å². The van der Waals surface area contributed by atoms with Crippen molar-refractivity contribution < 1.29 is 8.42 Å². The molecule has 0 saturated heterocycles. The summed E-state index contributed by atoms with van der Waals surface area (Å²) in [7, 11) is -3.53. The van der Waals surface area contributed by atoms with E-state index in [0.717, 1.165) is 0 Å². The predicted octanol–water partition coefficient (Wildman–Crippen LogP) is 1.09. The molecule has 0 aliphatic carbocycles. The van der Waals surface area contributed by atoms with Crippen molar-refractivity contribution in [1.82, 2.24) is 4.13 Å². The zero-order valence-electron chi connectivity index (χ0n) is 6.47. The molecule has 0 atom stereocenters. The van der Waals surface area contributed by atoms with Gasteiger partial charge in [0, 0.05) is 0 Å². The fraction of sp³-hybridized carbons (Fsp3) is 0. The Bertz CT molecular complexity index is 408. The summed E-state index contributed by atoms with van der Waals surface area (Å²) < 4.78 is 24.7. The lowest BCUT2D eigenvalue weighted by atomic mass is 10.4. The second kappa shape index (κ2) is 4.28. The zero-order chi connectivity index (χ0) is 9.73. The molecule has 0 amide bonds. The molecule has 0 heterocycles. The highest BCUT2D eigenvalue weighted by Crippen LogP contribution is 2.09. The molecule has 0 spiro atoms. The summed E-state index contributed by atoms with van der Waals surface area (Å²) in [5.74, 6) is 0. The molecular weight excluding hydrogens is 208 g/mol. The summed E-state index contributed by atoms with van der Waals surface area (Å²) in [6.45, 7) is 0. The minimum Gasteiger partial charge on any atom is -0.206 e. The van der Waals surface area contributed by atoms with Crippen molar-refractivity contribution in [1.29, 1.82) is 5.26 Å². The van der Waals surface area contributed by atoms with Crippen molar-refractivity contribution in [2.45, 2.75) is 4.90 Å². The Labute approximate surface area is 80.8 Å². The number of nitrogens with zero attached hydrogens (tertiary/aromatic N) is 1. The van der Waals surface area contributed by atoms with Crippen molar-refractivity contribution in [2.75, 3.05) is 0 Å². The first-order valence-electron chi connectivity index (χ1n) is 3.28. The van der Waals surface area contributed by atoms with Crippen molar-refractivity contribution in [3.8, 4) is 5.40 Å². The Morgan fingerprint density at radius 2 is 1.92 bits per heavy atom. The van der Waals surface area contributed by atoms with Crippen LogP contribution in [0.25, 0.3) is 0 Å². The van der Waals surface area contributed by atoms with Gasteiger partial charge in [0.1, 0.15) is 0 Å². The zero-order valence-corrected chi connectivity index (χ0v) is 8.10. The molecule has 6 heteroatoms. The number of hydrogen-bond donors (Lipinski definition) is 1. The van der Waals surface area contributed by atoms with Crippen molar-refractivity contribution in [3.05, 3.63) is 30.3 Å². The number of thiocyanates is 1. The molecular formula is C7H6N2O2S2. The number of sulfonamides is 1. The van der Waals surface area contributed by atoms with Crippen molar-refractivity contribution in [2.24, 2.45) is 0 Å². The molecule has 0 aromatic heterocycles. The van der Waals surface area contributed by atoms with Crippen LogP contribution in [0.3, 0.4) is 0 Å². The average Bonchev–Trinajstić information content (AvgIpc) is 2.16. The molecule has 1 rings (SSSR count). The van der Waals surface area contributed by atoms with Crippen molar-refractivity contribution >= 4 is 22.0 Å². The molecule has 1 aromatic carbocycles. The smallest absolute Gasteiger partial charge is 0.206 e. The summed E-state index contributed by atoms with van der Waals surface area (Å²) in [5, 5.41) is 9.78. The van der Waals surface area contributed by atoms with Crippen LogP contribution in [0.1, 0.15) is 0 Å². The van der Waals surface area contributed by atoms with E-state index in [-0.39, 0.29) is 4.90 Å². The maximum atomic E-state index is 11.3. The van der Waals surface area contributed by atoms with Gasteiger partial charge in [0.2, 0.25) is 0 Å². The van der Waals surface area contributed by atoms with E-state index in [2.05, 4.69) is 4.13 Å². The second-order valence-electron chi connectivity index (χ2n) is 2.09. The summed E-state index contributed by atoms with van der Waals surface area (Å²) in [4.78, 5) is 0.151. The van der Waals surface area contributed by atoms with Crippen LogP contribution < -0.4 is 4.13 Å². The first kappa shape index (κ1) is 10.1. The van der Waals surface area contributed by atoms with Crippen LogP contribution >= 0.6 is 11.9 Å². The molecule has 4 nitrogen and oxygen atoms in total. The quantitative estimate of drug-likeness (QED) is 0.604. The molecule has 0 radical (unpaired) electrons. The van der Waals surface area contributed by atoms with E-state index in [1.165, 1.54) is 12.1 Å². The largest absolute Gasteiger partial charge is 0.250 e. The molecule has 13 heavy (non-hydrogen) atoms. The number of nitriles is 1. The van der Waals surface area contributed by atoms with Gasteiger partial charge in [-0.05, 0) is 12.1 Å². The molecule has 68 valence electrons. The normalized spacial score (nSPS) is 10.7. The topological polar surface area (TPSA) is 70.0 Å². The first-order chi connectivity index (χ1) is 6.17. The van der Waals surface area contributed by atoms with E-state index >= 15 is 0 Å². The van der Waals surface area contributed by atoms with Crippen LogP contribution in [-0.2, 0) is 10.0 Å². The SMILES string of the molecule is N#CSNS(=O)(=O)c1ccccc1. The number of nitrogens with one attached hydrogen (secondary N) is 1. The Morgan fingerprint density at radius 1 is 1.31 bits per heavy atom. The van der Waals surface area contributed by atoms with Gasteiger partial charge in [0.25, 0.3) is 10.0 Å². The van der Waals surface area contributed by atoms with Gasteiger partial charge in [-0.2, -0.15) is 5.26 Å². The van der Waals surface area contributed by atoms with Gasteiger partial charge in [-0.15, -0.1) is 4.13 Å². The molecule has 0 saturated carbocycles. The maximum Gasteiger partial charge on any atom is 0.250 e. The summed E-state index contributed by atoms with van der Waals surface area (Å²) in [6, 6.07) is 7.87. The third kappa shape index (κ3) is 2.73. The van der Waals surface area contributed by atoms with Gasteiger partial charge in [-0.1, -0.05) is 18.2 Å². The van der Waals surface area contributed by atoms with Crippen LogP contribution in [0, 0.1) is 10.7 Å². The Hall–Kier alpha value is -1.03. The minimum atomic E-state index is -3.53. The van der Waals surface area contributed by atoms with E-state index in [1.807, 2.05) is 0 Å². The fourth-order valence-corrected chi connectivity index (χ4v) is 2.21. The second-order valence-corrected chi connectivity index (χ2v) is 4.62. The highest BCUT2D eigenvalue weighted by Gasteiger charge is 2.12. The molecule has 1 aromatic rings. The Kier molecular flexibility index (Phi) is 3.31. The lowest BCUT2D eigenvalue weighted by Crippen LogP contribution is -2.15. The molecule has 0 fully saturated rings. The van der Waals surface area contributed by atoms with Crippen LogP contribution in [0.2, 0.25) is 0 Å². The maximum absolute atomic E-state index is 11.3. The number of benzene rings is 1. The number of rotatable bonds is 3. The number of hydrogen-bond acceptors (Lipinski definition) is 4. The van der Waals surface area contributed by atoms with Gasteiger partial charge in [-0.25, -0.2) is 8.42 Å². The van der Waals surface area contributed by atoms with Crippen molar-refractivity contribution in [3.63, 3.8) is 0 Å². The van der Waals surface area contributed by atoms with Crippen LogP contribution in [0.15, 0.2) is 35.2 Å². The molecule has 0 bridgehead atoms. The highest BCUT2D eigenvalue weighted by atomic mass is 32.3. The highest BCUT2D eigenvalue weighted by molar-refractivity contribution is 8.11. The summed E-state index contributed by atoms with van der Waals surface area (Å²) in [5.41, 5.74) is 0. The monoisotopic (exact) mass is 214 g/mol. The van der Waals surface area contributed by atoms with E-state index in [9.17, 15) is 8.42 Å². The molecule has 0 aliphatic heterocycles. The third-order valence-electron chi connectivity index (χ3n) is 1.25. The predicted molar refractivity (Wildman–Crippen MR) is 50.0 cm³/mol. The Balaban J connectivity index is 2.90. The summed E-state index contributed by atoms with van der Waals surface area (Å²) in [6.07, 6.45) is 0. The van der Waals surface area contributed by atoms with Gasteiger partial charge >= 0.3 is 0 Å². The fourth-order valence-electron chi connectivity index (χ4n) is 0.721. The molecule has 0 aliphatic rings. The van der Waals surface area contributed by atoms with E-state index < -0.39 is 10.0 Å². The standard InChI is InChI=1S/C7H6N2O2S2/c8-6-12-9-13(10,11)7-4-2-1-3-5-7/h1-5,9H. The minimum absolute atomic E-state index is 0.151.